The normalized spacial score (nSPS) is 10.9. The van der Waals surface area contributed by atoms with Gasteiger partial charge in [0, 0.05) is 28.7 Å². The van der Waals surface area contributed by atoms with Gasteiger partial charge in [-0.2, -0.15) is 5.10 Å². The van der Waals surface area contributed by atoms with Crippen molar-refractivity contribution >= 4 is 34.7 Å². The van der Waals surface area contributed by atoms with Crippen LogP contribution in [0.25, 0.3) is 0 Å². The molecule has 0 unspecified atom stereocenters. The fraction of sp³-hybridized carbons (Fsp3) is 0. The summed E-state index contributed by atoms with van der Waals surface area (Å²) in [5.41, 5.74) is 5.39. The molecule has 170 valence electrons. The van der Waals surface area contributed by atoms with Crippen molar-refractivity contribution in [2.75, 3.05) is 9.91 Å². The first-order valence-corrected chi connectivity index (χ1v) is 11.5. The van der Waals surface area contributed by atoms with Gasteiger partial charge in [-0.15, -0.1) is 0 Å². The van der Waals surface area contributed by atoms with Crippen molar-refractivity contribution in [3.05, 3.63) is 145 Å². The first kappa shape index (κ1) is 22.0. The number of hydrogen-bond donors (Lipinski definition) is 1. The van der Waals surface area contributed by atoms with E-state index in [2.05, 4.69) is 29.2 Å². The van der Waals surface area contributed by atoms with Crippen LogP contribution in [-0.2, 0) is 0 Å². The van der Waals surface area contributed by atoms with Crippen LogP contribution in [0.4, 0.5) is 28.4 Å². The van der Waals surface area contributed by atoms with Crippen molar-refractivity contribution in [1.82, 2.24) is 0 Å². The second-order valence-corrected chi connectivity index (χ2v) is 7.98. The van der Waals surface area contributed by atoms with E-state index in [1.807, 2.05) is 114 Å². The molecule has 4 heteroatoms. The number of hydrazone groups is 1. The van der Waals surface area contributed by atoms with E-state index in [0.29, 0.717) is 5.56 Å². The molecule has 0 amide bonds. The third-order valence-corrected chi connectivity index (χ3v) is 5.61. The van der Waals surface area contributed by atoms with Crippen LogP contribution in [-0.4, -0.2) is 11.3 Å². The lowest BCUT2D eigenvalue weighted by atomic mass is 10.1. The van der Waals surface area contributed by atoms with Crippen LogP contribution in [0.3, 0.4) is 0 Å². The third-order valence-electron chi connectivity index (χ3n) is 5.61. The number of phenols is 1. The maximum Gasteiger partial charge on any atom is 0.126 e. The zero-order valence-corrected chi connectivity index (χ0v) is 19.1. The highest BCUT2D eigenvalue weighted by atomic mass is 16.3. The minimum absolute atomic E-state index is 0.157. The number of phenolic OH excluding ortho intramolecular Hbond substituents is 1. The predicted molar refractivity (Wildman–Crippen MR) is 145 cm³/mol. The molecule has 4 nitrogen and oxygen atoms in total. The third kappa shape index (κ3) is 5.07. The molecule has 0 spiro atoms. The average Bonchev–Trinajstić information content (AvgIpc) is 2.92. The van der Waals surface area contributed by atoms with Crippen LogP contribution >= 0.6 is 0 Å². The summed E-state index contributed by atoms with van der Waals surface area (Å²) in [4.78, 5) is 2.11. The molecule has 0 aliphatic rings. The Morgan fingerprint density at radius 1 is 0.486 bits per heavy atom. The molecule has 5 aromatic carbocycles. The van der Waals surface area contributed by atoms with E-state index in [4.69, 9.17) is 5.10 Å². The molecule has 0 heterocycles. The SMILES string of the molecule is Oc1cc(N(c2ccccc2)c2ccccc2)ccc1/C=N/N(c1ccccc1)c1ccccc1. The van der Waals surface area contributed by atoms with E-state index in [1.54, 1.807) is 12.3 Å². The van der Waals surface area contributed by atoms with Crippen LogP contribution in [0.1, 0.15) is 5.56 Å². The zero-order chi connectivity index (χ0) is 23.9. The molecular formula is C31H25N3O. The molecule has 1 N–H and O–H groups in total. The number of nitrogens with zero attached hydrogens (tertiary/aromatic N) is 3. The van der Waals surface area contributed by atoms with Crippen molar-refractivity contribution in [2.24, 2.45) is 5.10 Å². The van der Waals surface area contributed by atoms with Gasteiger partial charge in [-0.1, -0.05) is 72.8 Å². The molecule has 0 saturated heterocycles. The van der Waals surface area contributed by atoms with Crippen LogP contribution in [0, 0.1) is 0 Å². The highest BCUT2D eigenvalue weighted by Crippen LogP contribution is 2.36. The van der Waals surface area contributed by atoms with Gasteiger partial charge < -0.3 is 10.0 Å². The van der Waals surface area contributed by atoms with Gasteiger partial charge in [0.2, 0.25) is 0 Å². The summed E-state index contributed by atoms with van der Waals surface area (Å²) in [5.74, 6) is 0.157. The Morgan fingerprint density at radius 3 is 1.34 bits per heavy atom. The average molecular weight is 456 g/mol. The van der Waals surface area contributed by atoms with Crippen molar-refractivity contribution < 1.29 is 5.11 Å². The number of hydrogen-bond acceptors (Lipinski definition) is 4. The number of rotatable bonds is 7. The fourth-order valence-electron chi connectivity index (χ4n) is 3.92. The molecule has 0 aliphatic heterocycles. The maximum atomic E-state index is 11.0. The van der Waals surface area contributed by atoms with Crippen LogP contribution < -0.4 is 9.91 Å². The van der Waals surface area contributed by atoms with Crippen molar-refractivity contribution in [3.63, 3.8) is 0 Å². The number of para-hydroxylation sites is 4. The summed E-state index contributed by atoms with van der Waals surface area (Å²) < 4.78 is 0. The fourth-order valence-corrected chi connectivity index (χ4v) is 3.92. The largest absolute Gasteiger partial charge is 0.507 e. The highest BCUT2D eigenvalue weighted by Gasteiger charge is 2.14. The topological polar surface area (TPSA) is 39.1 Å². The summed E-state index contributed by atoms with van der Waals surface area (Å²) in [5, 5.41) is 17.5. The van der Waals surface area contributed by atoms with Gasteiger partial charge in [0.25, 0.3) is 0 Å². The van der Waals surface area contributed by atoms with E-state index < -0.39 is 0 Å². The Kier molecular flexibility index (Phi) is 6.54. The standard InChI is InChI=1S/C31H25N3O/c35-31-23-30(33(26-13-5-1-6-14-26)27-15-7-2-8-16-27)22-21-25(31)24-32-34(28-17-9-3-10-18-28)29-19-11-4-12-20-29/h1-24,35H/b32-24+. The molecule has 0 saturated carbocycles. The van der Waals surface area contributed by atoms with Gasteiger partial charge in [0.15, 0.2) is 0 Å². The smallest absolute Gasteiger partial charge is 0.126 e. The van der Waals surface area contributed by atoms with Crippen LogP contribution in [0.5, 0.6) is 5.75 Å². The second-order valence-electron chi connectivity index (χ2n) is 7.98. The molecule has 0 radical (unpaired) electrons. The zero-order valence-electron chi connectivity index (χ0n) is 19.1. The Morgan fingerprint density at radius 2 is 0.914 bits per heavy atom. The van der Waals surface area contributed by atoms with Crippen molar-refractivity contribution in [1.29, 1.82) is 0 Å². The molecular weight excluding hydrogens is 430 g/mol. The first-order chi connectivity index (χ1) is 17.3. The number of anilines is 5. The number of aromatic hydroxyl groups is 1. The van der Waals surface area contributed by atoms with E-state index in [0.717, 1.165) is 28.4 Å². The lowest BCUT2D eigenvalue weighted by Crippen LogP contribution is -2.10. The predicted octanol–water partition coefficient (Wildman–Crippen LogP) is 8.03. The van der Waals surface area contributed by atoms with E-state index >= 15 is 0 Å². The first-order valence-electron chi connectivity index (χ1n) is 11.5. The van der Waals surface area contributed by atoms with Gasteiger partial charge >= 0.3 is 0 Å². The molecule has 0 bridgehead atoms. The van der Waals surface area contributed by atoms with E-state index in [1.165, 1.54) is 0 Å². The molecule has 5 aromatic rings. The Labute approximate surface area is 205 Å². The Bertz CT molecular complexity index is 1310. The van der Waals surface area contributed by atoms with Gasteiger partial charge in [-0.25, -0.2) is 5.01 Å². The quantitative estimate of drug-likeness (QED) is 0.199. The molecule has 35 heavy (non-hydrogen) atoms. The molecule has 0 aromatic heterocycles. The minimum Gasteiger partial charge on any atom is -0.507 e. The van der Waals surface area contributed by atoms with Gasteiger partial charge in [0.05, 0.1) is 17.6 Å². The van der Waals surface area contributed by atoms with Crippen molar-refractivity contribution in [3.8, 4) is 5.75 Å². The molecule has 0 aliphatic carbocycles. The van der Waals surface area contributed by atoms with E-state index in [-0.39, 0.29) is 5.75 Å². The summed E-state index contributed by atoms with van der Waals surface area (Å²) >= 11 is 0. The minimum atomic E-state index is 0.157. The van der Waals surface area contributed by atoms with Gasteiger partial charge in [-0.05, 0) is 60.7 Å². The lowest BCUT2D eigenvalue weighted by Gasteiger charge is -2.25. The number of benzene rings is 5. The summed E-state index contributed by atoms with van der Waals surface area (Å²) in [6.45, 7) is 0. The summed E-state index contributed by atoms with van der Waals surface area (Å²) in [6.07, 6.45) is 1.69. The monoisotopic (exact) mass is 455 g/mol. The van der Waals surface area contributed by atoms with Gasteiger partial charge in [-0.3, -0.25) is 0 Å². The Balaban J connectivity index is 1.49. The molecule has 5 rings (SSSR count). The summed E-state index contributed by atoms with van der Waals surface area (Å²) in [6, 6.07) is 45.8. The van der Waals surface area contributed by atoms with Crippen LogP contribution in [0.2, 0.25) is 0 Å². The summed E-state index contributed by atoms with van der Waals surface area (Å²) in [7, 11) is 0. The second kappa shape index (κ2) is 10.4. The lowest BCUT2D eigenvalue weighted by molar-refractivity contribution is 0.474. The van der Waals surface area contributed by atoms with E-state index in [9.17, 15) is 5.11 Å². The highest BCUT2D eigenvalue weighted by molar-refractivity contribution is 5.87. The van der Waals surface area contributed by atoms with Crippen LogP contribution in [0.15, 0.2) is 145 Å². The molecule has 0 fully saturated rings. The van der Waals surface area contributed by atoms with Gasteiger partial charge in [0.1, 0.15) is 5.75 Å². The Hall–Kier alpha value is -4.83. The maximum absolute atomic E-state index is 11.0. The van der Waals surface area contributed by atoms with Crippen molar-refractivity contribution in [2.45, 2.75) is 0 Å². The molecule has 0 atom stereocenters.